The summed E-state index contributed by atoms with van der Waals surface area (Å²) in [6.07, 6.45) is 3.93. The molecule has 0 fully saturated rings. The van der Waals surface area contributed by atoms with Crippen molar-refractivity contribution in [2.45, 2.75) is 18.9 Å². The number of hydrogen-bond donors (Lipinski definition) is 1. The Morgan fingerprint density at radius 1 is 1.10 bits per heavy atom. The minimum Gasteiger partial charge on any atom is -0.385 e. The minimum atomic E-state index is -1.03. The molecular formula is C18H16FNO. The highest BCUT2D eigenvalue weighted by molar-refractivity contribution is 5.85. The fraction of sp³-hybridized carbons (Fsp3) is 0.167. The molecule has 3 aromatic rings. The lowest BCUT2D eigenvalue weighted by atomic mass is 9.86. The third-order valence-corrected chi connectivity index (χ3v) is 3.72. The van der Waals surface area contributed by atoms with Crippen LogP contribution in [0.2, 0.25) is 0 Å². The average molecular weight is 281 g/mol. The van der Waals surface area contributed by atoms with Gasteiger partial charge >= 0.3 is 0 Å². The quantitative estimate of drug-likeness (QED) is 0.791. The summed E-state index contributed by atoms with van der Waals surface area (Å²) in [6.45, 7) is 1.78. The molecule has 1 aromatic heterocycles. The maximum absolute atomic E-state index is 13.0. The Morgan fingerprint density at radius 2 is 1.86 bits per heavy atom. The fourth-order valence-corrected chi connectivity index (χ4v) is 2.69. The predicted molar refractivity (Wildman–Crippen MR) is 81.4 cm³/mol. The molecule has 21 heavy (non-hydrogen) atoms. The molecule has 0 bridgehead atoms. The fourth-order valence-electron chi connectivity index (χ4n) is 2.69. The SMILES string of the molecule is CC(O)(Cc1ccc(F)cc1)c1cccc2cnccc12. The van der Waals surface area contributed by atoms with Gasteiger partial charge in [0.25, 0.3) is 0 Å². The molecule has 1 unspecified atom stereocenters. The van der Waals surface area contributed by atoms with Crippen LogP contribution in [0.3, 0.4) is 0 Å². The lowest BCUT2D eigenvalue weighted by molar-refractivity contribution is 0.0591. The highest BCUT2D eigenvalue weighted by Crippen LogP contribution is 2.31. The van der Waals surface area contributed by atoms with Gasteiger partial charge in [0.2, 0.25) is 0 Å². The Bertz CT molecular complexity index is 760. The Morgan fingerprint density at radius 3 is 2.62 bits per heavy atom. The van der Waals surface area contributed by atoms with Crippen LogP contribution in [-0.2, 0) is 12.0 Å². The maximum Gasteiger partial charge on any atom is 0.123 e. The number of pyridine rings is 1. The summed E-state index contributed by atoms with van der Waals surface area (Å²) in [7, 11) is 0. The highest BCUT2D eigenvalue weighted by atomic mass is 19.1. The van der Waals surface area contributed by atoms with Crippen LogP contribution in [0, 0.1) is 5.82 Å². The first kappa shape index (κ1) is 13.7. The monoisotopic (exact) mass is 281 g/mol. The van der Waals surface area contributed by atoms with E-state index in [4.69, 9.17) is 0 Å². The van der Waals surface area contributed by atoms with Gasteiger partial charge in [0.05, 0.1) is 5.60 Å². The van der Waals surface area contributed by atoms with Gasteiger partial charge in [-0.3, -0.25) is 4.98 Å². The molecule has 2 aromatic carbocycles. The molecule has 1 atom stereocenters. The molecule has 106 valence electrons. The first-order valence-corrected chi connectivity index (χ1v) is 6.86. The number of aliphatic hydroxyl groups is 1. The second kappa shape index (κ2) is 5.26. The summed E-state index contributed by atoms with van der Waals surface area (Å²) >= 11 is 0. The van der Waals surface area contributed by atoms with Gasteiger partial charge in [-0.1, -0.05) is 30.3 Å². The van der Waals surface area contributed by atoms with Crippen molar-refractivity contribution < 1.29 is 9.50 Å². The zero-order valence-electron chi connectivity index (χ0n) is 11.8. The topological polar surface area (TPSA) is 33.1 Å². The molecule has 0 saturated heterocycles. The smallest absolute Gasteiger partial charge is 0.123 e. The second-order valence-corrected chi connectivity index (χ2v) is 5.48. The number of hydrogen-bond acceptors (Lipinski definition) is 2. The van der Waals surface area contributed by atoms with Gasteiger partial charge in [-0.05, 0) is 41.6 Å². The maximum atomic E-state index is 13.0. The molecule has 1 heterocycles. The van der Waals surface area contributed by atoms with Crippen LogP contribution < -0.4 is 0 Å². The molecule has 0 aliphatic heterocycles. The third-order valence-electron chi connectivity index (χ3n) is 3.72. The predicted octanol–water partition coefficient (Wildman–Crippen LogP) is 3.82. The van der Waals surface area contributed by atoms with Crippen molar-refractivity contribution in [1.82, 2.24) is 4.98 Å². The molecule has 2 nitrogen and oxygen atoms in total. The lowest BCUT2D eigenvalue weighted by Gasteiger charge is -2.25. The third kappa shape index (κ3) is 2.78. The van der Waals surface area contributed by atoms with Crippen molar-refractivity contribution in [2.24, 2.45) is 0 Å². The Hall–Kier alpha value is -2.26. The van der Waals surface area contributed by atoms with Crippen molar-refractivity contribution in [3.63, 3.8) is 0 Å². The van der Waals surface area contributed by atoms with E-state index in [2.05, 4.69) is 4.98 Å². The van der Waals surface area contributed by atoms with E-state index in [1.54, 1.807) is 31.5 Å². The largest absolute Gasteiger partial charge is 0.385 e. The normalized spacial score (nSPS) is 14.0. The summed E-state index contributed by atoms with van der Waals surface area (Å²) in [4.78, 5) is 4.11. The number of aromatic nitrogens is 1. The van der Waals surface area contributed by atoms with Crippen LogP contribution in [0.4, 0.5) is 4.39 Å². The van der Waals surface area contributed by atoms with Gasteiger partial charge in [-0.15, -0.1) is 0 Å². The van der Waals surface area contributed by atoms with E-state index in [1.165, 1.54) is 12.1 Å². The zero-order chi connectivity index (χ0) is 14.9. The van der Waals surface area contributed by atoms with E-state index in [0.29, 0.717) is 6.42 Å². The van der Waals surface area contributed by atoms with Gasteiger partial charge < -0.3 is 5.11 Å². The molecule has 0 saturated carbocycles. The number of fused-ring (bicyclic) bond motifs is 1. The average Bonchev–Trinajstić information content (AvgIpc) is 2.49. The molecule has 3 rings (SSSR count). The van der Waals surface area contributed by atoms with E-state index in [-0.39, 0.29) is 5.82 Å². The Labute approximate surface area is 122 Å². The van der Waals surface area contributed by atoms with Gasteiger partial charge in [-0.2, -0.15) is 0 Å². The van der Waals surface area contributed by atoms with E-state index in [0.717, 1.165) is 21.9 Å². The van der Waals surface area contributed by atoms with Crippen LogP contribution in [0.25, 0.3) is 10.8 Å². The first-order chi connectivity index (χ1) is 10.1. The van der Waals surface area contributed by atoms with E-state index in [1.807, 2.05) is 24.3 Å². The number of benzene rings is 2. The van der Waals surface area contributed by atoms with Gasteiger partial charge in [-0.25, -0.2) is 4.39 Å². The highest BCUT2D eigenvalue weighted by Gasteiger charge is 2.25. The summed E-state index contributed by atoms with van der Waals surface area (Å²) < 4.78 is 13.0. The van der Waals surface area contributed by atoms with Gasteiger partial charge in [0.15, 0.2) is 0 Å². The molecule has 3 heteroatoms. The molecule has 0 spiro atoms. The van der Waals surface area contributed by atoms with Crippen LogP contribution in [-0.4, -0.2) is 10.1 Å². The Kier molecular flexibility index (Phi) is 3.43. The van der Waals surface area contributed by atoms with E-state index in [9.17, 15) is 9.50 Å². The summed E-state index contributed by atoms with van der Waals surface area (Å²) in [6, 6.07) is 14.0. The Balaban J connectivity index is 2.01. The summed E-state index contributed by atoms with van der Waals surface area (Å²) in [5.41, 5.74) is 0.720. The summed E-state index contributed by atoms with van der Waals surface area (Å²) in [5, 5.41) is 12.9. The minimum absolute atomic E-state index is 0.269. The molecule has 0 amide bonds. The van der Waals surface area contributed by atoms with E-state index < -0.39 is 5.60 Å². The van der Waals surface area contributed by atoms with Crippen LogP contribution >= 0.6 is 0 Å². The van der Waals surface area contributed by atoms with Gasteiger partial charge in [0, 0.05) is 24.2 Å². The zero-order valence-corrected chi connectivity index (χ0v) is 11.8. The molecule has 1 N–H and O–H groups in total. The van der Waals surface area contributed by atoms with Crippen molar-refractivity contribution in [3.8, 4) is 0 Å². The molecule has 0 aliphatic carbocycles. The molecule has 0 radical (unpaired) electrons. The second-order valence-electron chi connectivity index (χ2n) is 5.48. The van der Waals surface area contributed by atoms with E-state index >= 15 is 0 Å². The van der Waals surface area contributed by atoms with Gasteiger partial charge in [0.1, 0.15) is 5.82 Å². The summed E-state index contributed by atoms with van der Waals surface area (Å²) in [5.74, 6) is -0.269. The van der Waals surface area contributed by atoms with Crippen molar-refractivity contribution in [3.05, 3.63) is 77.9 Å². The number of rotatable bonds is 3. The van der Waals surface area contributed by atoms with Crippen molar-refractivity contribution in [2.75, 3.05) is 0 Å². The standard InChI is InChI=1S/C18H16FNO/c1-18(21,11-13-5-7-15(19)8-6-13)17-4-2-3-14-12-20-10-9-16(14)17/h2-10,12,21H,11H2,1H3. The van der Waals surface area contributed by atoms with Crippen molar-refractivity contribution in [1.29, 1.82) is 0 Å². The molecular weight excluding hydrogens is 265 g/mol. The van der Waals surface area contributed by atoms with Crippen LogP contribution in [0.5, 0.6) is 0 Å². The number of halogens is 1. The molecule has 0 aliphatic rings. The lowest BCUT2D eigenvalue weighted by Crippen LogP contribution is -2.24. The van der Waals surface area contributed by atoms with Crippen molar-refractivity contribution >= 4 is 10.8 Å². The van der Waals surface area contributed by atoms with Crippen LogP contribution in [0.15, 0.2) is 60.9 Å². The first-order valence-electron chi connectivity index (χ1n) is 6.86. The van der Waals surface area contributed by atoms with Crippen LogP contribution in [0.1, 0.15) is 18.1 Å². The number of nitrogens with zero attached hydrogens (tertiary/aromatic N) is 1.